The zero-order valence-corrected chi connectivity index (χ0v) is 12.0. The van der Waals surface area contributed by atoms with Crippen molar-refractivity contribution in [3.8, 4) is 6.07 Å². The van der Waals surface area contributed by atoms with E-state index in [9.17, 15) is 10.1 Å². The van der Waals surface area contributed by atoms with Gasteiger partial charge in [0.15, 0.2) is 0 Å². The summed E-state index contributed by atoms with van der Waals surface area (Å²) in [6.45, 7) is 0. The maximum atomic E-state index is 11.2. The minimum absolute atomic E-state index is 0.0716. The molecule has 3 rings (SSSR count). The molecule has 1 aromatic rings. The predicted molar refractivity (Wildman–Crippen MR) is 79.2 cm³/mol. The lowest BCUT2D eigenvalue weighted by atomic mass is 9.97. The Balaban J connectivity index is 1.91. The molecule has 0 radical (unpaired) electrons. The normalized spacial score (nSPS) is 27.1. The molecule has 0 saturated carbocycles. The molecule has 1 N–H and O–H groups in total. The Morgan fingerprint density at radius 3 is 2.62 bits per heavy atom. The van der Waals surface area contributed by atoms with Crippen molar-refractivity contribution >= 4 is 11.4 Å². The van der Waals surface area contributed by atoms with Crippen molar-refractivity contribution in [3.63, 3.8) is 0 Å². The summed E-state index contributed by atoms with van der Waals surface area (Å²) < 4.78 is 0. The second kappa shape index (κ2) is 5.34. The van der Waals surface area contributed by atoms with Crippen LogP contribution in [0.3, 0.4) is 0 Å². The molecule has 110 valence electrons. The average molecular weight is 286 g/mol. The Hall–Kier alpha value is -2.13. The van der Waals surface area contributed by atoms with Gasteiger partial charge in [-0.05, 0) is 37.8 Å². The summed E-state index contributed by atoms with van der Waals surface area (Å²) in [5, 5.41) is 23.8. The first-order chi connectivity index (χ1) is 10.1. The van der Waals surface area contributed by atoms with Crippen LogP contribution in [0.15, 0.2) is 18.2 Å². The fraction of sp³-hybridized carbons (Fsp3) is 0.533. The van der Waals surface area contributed by atoms with Crippen LogP contribution in [0.2, 0.25) is 0 Å². The van der Waals surface area contributed by atoms with Crippen LogP contribution >= 0.6 is 0 Å². The van der Waals surface area contributed by atoms with Crippen molar-refractivity contribution in [1.82, 2.24) is 5.32 Å². The first kappa shape index (κ1) is 13.8. The maximum Gasteiger partial charge on any atom is 0.292 e. The second-order valence-electron chi connectivity index (χ2n) is 5.95. The number of nitro benzene ring substituents is 1. The second-order valence-corrected chi connectivity index (χ2v) is 5.95. The Kier molecular flexibility index (Phi) is 3.52. The molecule has 0 aliphatic carbocycles. The van der Waals surface area contributed by atoms with Crippen LogP contribution in [-0.4, -0.2) is 30.1 Å². The fourth-order valence-corrected chi connectivity index (χ4v) is 3.57. The lowest BCUT2D eigenvalue weighted by Crippen LogP contribution is -2.47. The highest BCUT2D eigenvalue weighted by Crippen LogP contribution is 2.35. The topological polar surface area (TPSA) is 82.2 Å². The Morgan fingerprint density at radius 1 is 1.38 bits per heavy atom. The fourth-order valence-electron chi connectivity index (χ4n) is 3.57. The molecule has 2 aliphatic heterocycles. The molecule has 2 fully saturated rings. The number of anilines is 1. The van der Waals surface area contributed by atoms with Crippen LogP contribution in [-0.2, 0) is 0 Å². The van der Waals surface area contributed by atoms with E-state index in [1.807, 2.05) is 11.9 Å². The van der Waals surface area contributed by atoms with Crippen molar-refractivity contribution in [3.05, 3.63) is 33.9 Å². The van der Waals surface area contributed by atoms with Crippen molar-refractivity contribution in [2.24, 2.45) is 0 Å². The molecule has 6 nitrogen and oxygen atoms in total. The van der Waals surface area contributed by atoms with Crippen molar-refractivity contribution in [1.29, 1.82) is 5.26 Å². The summed E-state index contributed by atoms with van der Waals surface area (Å²) in [4.78, 5) is 12.9. The third-order valence-electron chi connectivity index (χ3n) is 4.68. The Bertz CT molecular complexity index is 598. The number of nitrogens with one attached hydrogen (secondary N) is 1. The predicted octanol–water partition coefficient (Wildman–Crippen LogP) is 2.19. The van der Waals surface area contributed by atoms with E-state index in [0.717, 1.165) is 12.8 Å². The summed E-state index contributed by atoms with van der Waals surface area (Å²) in [6, 6.07) is 7.95. The maximum absolute atomic E-state index is 11.2. The molecule has 0 aromatic heterocycles. The van der Waals surface area contributed by atoms with Crippen LogP contribution in [0.25, 0.3) is 0 Å². The number of piperidine rings is 1. The van der Waals surface area contributed by atoms with Crippen molar-refractivity contribution < 1.29 is 4.92 Å². The molecule has 21 heavy (non-hydrogen) atoms. The molecule has 2 unspecified atom stereocenters. The number of nitro groups is 1. The van der Waals surface area contributed by atoms with E-state index in [1.54, 1.807) is 6.07 Å². The number of benzene rings is 1. The smallest absolute Gasteiger partial charge is 0.292 e. The van der Waals surface area contributed by atoms with Gasteiger partial charge in [0.1, 0.15) is 5.69 Å². The lowest BCUT2D eigenvalue weighted by Gasteiger charge is -2.36. The van der Waals surface area contributed by atoms with E-state index >= 15 is 0 Å². The van der Waals surface area contributed by atoms with Gasteiger partial charge in [0.25, 0.3) is 5.69 Å². The van der Waals surface area contributed by atoms with E-state index in [0.29, 0.717) is 23.3 Å². The van der Waals surface area contributed by atoms with Gasteiger partial charge in [-0.15, -0.1) is 0 Å². The van der Waals surface area contributed by atoms with Gasteiger partial charge in [-0.1, -0.05) is 0 Å². The quantitative estimate of drug-likeness (QED) is 0.680. The zero-order valence-electron chi connectivity index (χ0n) is 12.0. The molecule has 2 saturated heterocycles. The zero-order chi connectivity index (χ0) is 15.0. The highest BCUT2D eigenvalue weighted by molar-refractivity contribution is 5.66. The number of nitriles is 1. The monoisotopic (exact) mass is 286 g/mol. The van der Waals surface area contributed by atoms with Gasteiger partial charge < -0.3 is 10.2 Å². The van der Waals surface area contributed by atoms with Gasteiger partial charge in [0.05, 0.1) is 16.6 Å². The van der Waals surface area contributed by atoms with Gasteiger partial charge in [0.2, 0.25) is 0 Å². The molecular weight excluding hydrogens is 268 g/mol. The minimum atomic E-state index is -0.372. The van der Waals surface area contributed by atoms with Crippen LogP contribution < -0.4 is 10.2 Å². The minimum Gasteiger partial charge on any atom is -0.366 e. The summed E-state index contributed by atoms with van der Waals surface area (Å²) in [7, 11) is 1.90. The standard InChI is InChI=1S/C15H18N4O2/c1-18(13-7-11-3-4-12(8-13)17-11)15-6-10(9-16)2-5-14(15)19(20)21/h2,5-6,11-13,17H,3-4,7-8H2,1H3. The van der Waals surface area contributed by atoms with Gasteiger partial charge >= 0.3 is 0 Å². The molecule has 2 aliphatic rings. The van der Waals surface area contributed by atoms with Crippen LogP contribution in [0.1, 0.15) is 31.2 Å². The molecule has 0 amide bonds. The third-order valence-corrected chi connectivity index (χ3v) is 4.68. The summed E-state index contributed by atoms with van der Waals surface area (Å²) in [5.74, 6) is 0. The number of hydrogen-bond donors (Lipinski definition) is 1. The molecule has 1 aromatic carbocycles. The number of rotatable bonds is 3. The van der Waals surface area contributed by atoms with Crippen molar-refractivity contribution in [2.45, 2.75) is 43.8 Å². The average Bonchev–Trinajstić information content (AvgIpc) is 2.84. The first-order valence-corrected chi connectivity index (χ1v) is 7.26. The van der Waals surface area contributed by atoms with E-state index < -0.39 is 0 Å². The molecule has 6 heteroatoms. The molecule has 0 spiro atoms. The van der Waals surface area contributed by atoms with Crippen LogP contribution in [0, 0.1) is 21.4 Å². The molecule has 2 bridgehead atoms. The van der Waals surface area contributed by atoms with Crippen LogP contribution in [0.4, 0.5) is 11.4 Å². The van der Waals surface area contributed by atoms with Gasteiger partial charge in [0, 0.05) is 31.2 Å². The van der Waals surface area contributed by atoms with E-state index in [-0.39, 0.29) is 16.7 Å². The number of hydrogen-bond acceptors (Lipinski definition) is 5. The molecule has 2 heterocycles. The summed E-state index contributed by atoms with van der Waals surface area (Å²) in [6.07, 6.45) is 4.38. The SMILES string of the molecule is CN(c1cc(C#N)ccc1[N+](=O)[O-])C1CC2CCC(C1)N2. The lowest BCUT2D eigenvalue weighted by molar-refractivity contribution is -0.384. The highest BCUT2D eigenvalue weighted by atomic mass is 16.6. The summed E-state index contributed by atoms with van der Waals surface area (Å²) >= 11 is 0. The largest absolute Gasteiger partial charge is 0.366 e. The van der Waals surface area contributed by atoms with Gasteiger partial charge in [-0.25, -0.2) is 0 Å². The Labute approximate surface area is 123 Å². The number of fused-ring (bicyclic) bond motifs is 2. The van der Waals surface area contributed by atoms with E-state index in [1.165, 1.54) is 25.0 Å². The molecular formula is C15H18N4O2. The highest BCUT2D eigenvalue weighted by Gasteiger charge is 2.36. The van der Waals surface area contributed by atoms with E-state index in [2.05, 4.69) is 11.4 Å². The van der Waals surface area contributed by atoms with Gasteiger partial charge in [-0.2, -0.15) is 5.26 Å². The third kappa shape index (κ3) is 2.57. The van der Waals surface area contributed by atoms with Crippen LogP contribution in [0.5, 0.6) is 0 Å². The van der Waals surface area contributed by atoms with Crippen molar-refractivity contribution in [2.75, 3.05) is 11.9 Å². The Morgan fingerprint density at radius 2 is 2.05 bits per heavy atom. The molecule has 2 atom stereocenters. The number of nitrogens with zero attached hydrogens (tertiary/aromatic N) is 3. The van der Waals surface area contributed by atoms with E-state index in [4.69, 9.17) is 5.26 Å². The first-order valence-electron chi connectivity index (χ1n) is 7.26. The van der Waals surface area contributed by atoms with Gasteiger partial charge in [-0.3, -0.25) is 10.1 Å². The summed E-state index contributed by atoms with van der Waals surface area (Å²) in [5.41, 5.74) is 1.08.